The van der Waals surface area contributed by atoms with E-state index in [2.05, 4.69) is 19.8 Å². The minimum absolute atomic E-state index is 0. The van der Waals surface area contributed by atoms with E-state index in [0.29, 0.717) is 22.9 Å². The van der Waals surface area contributed by atoms with E-state index in [1.54, 1.807) is 12.4 Å². The number of aliphatic carboxylic acids is 2. The first-order valence-electron chi connectivity index (χ1n) is 18.7. The number of hydrogen-bond donors (Lipinski definition) is 0. The minimum atomic E-state index is -0.977. The Hall–Kier alpha value is -2.72. The Morgan fingerprint density at radius 2 is 0.965 bits per heavy atom. The second-order valence-corrected chi connectivity index (χ2v) is 14.6. The second-order valence-electron chi connectivity index (χ2n) is 13.7. The summed E-state index contributed by atoms with van der Waals surface area (Å²) in [4.78, 5) is 34.6. The number of likely N-dealkylation sites (tertiary alicyclic amines) is 2. The van der Waals surface area contributed by atoms with E-state index >= 15 is 0 Å². The molecule has 0 unspecified atom stereocenters. The summed E-state index contributed by atoms with van der Waals surface area (Å²) in [5, 5.41) is 22.5. The van der Waals surface area contributed by atoms with Crippen molar-refractivity contribution in [2.24, 2.45) is 0 Å². The van der Waals surface area contributed by atoms with Crippen LogP contribution < -0.4 is 10.2 Å². The number of carbonyl (C=O) groups is 2. The molecule has 4 heterocycles. The van der Waals surface area contributed by atoms with Crippen LogP contribution in [0, 0.1) is 0 Å². The fourth-order valence-corrected chi connectivity index (χ4v) is 7.04. The molecule has 2 saturated heterocycles. The van der Waals surface area contributed by atoms with E-state index in [-0.39, 0.29) is 85.9 Å². The maximum atomic E-state index is 10.5. The topological polar surface area (TPSA) is 194 Å². The number of benzene rings is 2. The maximum absolute atomic E-state index is 10.5. The van der Waals surface area contributed by atoms with Crippen molar-refractivity contribution in [3.63, 3.8) is 0 Å². The van der Waals surface area contributed by atoms with Crippen LogP contribution in [0.1, 0.15) is 86.1 Å². The van der Waals surface area contributed by atoms with Crippen LogP contribution in [0.2, 0.25) is 10.0 Å². The van der Waals surface area contributed by atoms with Gasteiger partial charge in [-0.2, -0.15) is 0 Å². The Morgan fingerprint density at radius 3 is 1.26 bits per heavy atom. The Labute approximate surface area is 375 Å². The van der Waals surface area contributed by atoms with Gasteiger partial charge in [0.2, 0.25) is 0 Å². The zero-order chi connectivity index (χ0) is 38.1. The molecule has 0 radical (unpaired) electrons. The van der Waals surface area contributed by atoms with Gasteiger partial charge in [0.1, 0.15) is 12.2 Å². The molecular formula is C42H52CaCl2N4O8. The largest absolute Gasteiger partial charge is 2.00 e. The zero-order valence-electron chi connectivity index (χ0n) is 32.1. The van der Waals surface area contributed by atoms with Crippen LogP contribution >= 0.6 is 23.2 Å². The molecule has 2 aliphatic rings. The number of ether oxygens (including phenoxy) is 2. The van der Waals surface area contributed by atoms with Crippen LogP contribution in [-0.2, 0) is 19.1 Å². The van der Waals surface area contributed by atoms with Gasteiger partial charge in [0.25, 0.3) is 0 Å². The zero-order valence-corrected chi connectivity index (χ0v) is 35.9. The van der Waals surface area contributed by atoms with Crippen LogP contribution in [-0.4, -0.2) is 132 Å². The van der Waals surface area contributed by atoms with Crippen LogP contribution in [0.4, 0.5) is 0 Å². The Kier molecular flexibility index (Phi) is 24.0. The molecule has 12 nitrogen and oxygen atoms in total. The van der Waals surface area contributed by atoms with Gasteiger partial charge in [-0.25, -0.2) is 0 Å². The fourth-order valence-electron chi connectivity index (χ4n) is 6.79. The average Bonchev–Trinajstić information content (AvgIpc) is 3.19. The molecule has 4 N–H and O–H groups in total. The van der Waals surface area contributed by atoms with Crippen molar-refractivity contribution in [3.8, 4) is 0 Å². The van der Waals surface area contributed by atoms with E-state index in [0.717, 1.165) is 87.5 Å². The predicted molar refractivity (Wildman–Crippen MR) is 218 cm³/mol. The molecule has 0 spiro atoms. The van der Waals surface area contributed by atoms with Gasteiger partial charge in [0, 0.05) is 60.6 Å². The summed E-state index contributed by atoms with van der Waals surface area (Å²) in [6, 6.07) is 27.1. The third-order valence-corrected chi connectivity index (χ3v) is 10.2. The quantitative estimate of drug-likeness (QED) is 0.150. The van der Waals surface area contributed by atoms with Crippen molar-refractivity contribution in [3.05, 3.63) is 130 Å². The molecular weight excluding hydrogens is 799 g/mol. The monoisotopic (exact) mass is 850 g/mol. The molecule has 6 rings (SSSR count). The third-order valence-electron chi connectivity index (χ3n) is 9.70. The van der Waals surface area contributed by atoms with Gasteiger partial charge in [-0.15, -0.1) is 0 Å². The molecule has 0 saturated carbocycles. The maximum Gasteiger partial charge on any atom is 2.00 e. The number of nitrogens with zero attached hydrogens (tertiary/aromatic N) is 4. The normalized spacial score (nSPS) is 16.0. The molecule has 4 aromatic rings. The van der Waals surface area contributed by atoms with E-state index < -0.39 is 11.9 Å². The number of piperidine rings is 2. The summed E-state index contributed by atoms with van der Waals surface area (Å²) in [5.41, 5.74) is 3.84. The third kappa shape index (κ3) is 17.6. The standard InChI is InChI=1S/2C21H25ClN2O3.Ca.2H2O/c2*22-17-8-6-16(7-9-17)21(19-4-1-2-12-23-19)27-18-10-14-24(15-11-18)13-3-5-20(25)26;;;/h2*1-2,4,6-9,12,18,21H,3,5,10-11,13-15H2,(H,25,26);;2*1H2/q;;+2;;/p-2/t2*21-;;;/m00.../s1. The first-order valence-corrected chi connectivity index (χ1v) is 19.5. The summed E-state index contributed by atoms with van der Waals surface area (Å²) in [6.45, 7) is 5.23. The summed E-state index contributed by atoms with van der Waals surface area (Å²) in [5.74, 6) is -1.95. The number of aromatic nitrogens is 2. The van der Waals surface area contributed by atoms with Crippen molar-refractivity contribution in [1.29, 1.82) is 0 Å². The molecule has 2 aromatic carbocycles. The number of hydrogen-bond acceptors (Lipinski definition) is 10. The van der Waals surface area contributed by atoms with Crippen LogP contribution in [0.25, 0.3) is 0 Å². The van der Waals surface area contributed by atoms with Crippen LogP contribution in [0.15, 0.2) is 97.3 Å². The van der Waals surface area contributed by atoms with Crippen molar-refractivity contribution in [2.75, 3.05) is 39.3 Å². The van der Waals surface area contributed by atoms with Gasteiger partial charge in [0.05, 0.1) is 23.6 Å². The SMILES string of the molecule is O.O.O=C([O-])CCCN1CCC(O[C@@H](c2ccc(Cl)cc2)c2ccccn2)CC1.O=C([O-])CCCN1CCC(O[C@@H](c2ccc(Cl)cc2)c2ccccn2)CC1.[Ca+2]. The number of rotatable bonds is 16. The summed E-state index contributed by atoms with van der Waals surface area (Å²) >= 11 is 12.1. The average molecular weight is 852 g/mol. The van der Waals surface area contributed by atoms with E-state index in [1.165, 1.54) is 0 Å². The van der Waals surface area contributed by atoms with Crippen molar-refractivity contribution >= 4 is 72.9 Å². The molecule has 2 fully saturated rings. The van der Waals surface area contributed by atoms with Crippen molar-refractivity contribution in [1.82, 2.24) is 19.8 Å². The number of carboxylic acids is 2. The number of pyridine rings is 2. The van der Waals surface area contributed by atoms with Gasteiger partial charge in [-0.1, -0.05) is 59.6 Å². The number of carboxylic acid groups (broad SMARTS) is 2. The van der Waals surface area contributed by atoms with Crippen molar-refractivity contribution in [2.45, 2.75) is 75.8 Å². The minimum Gasteiger partial charge on any atom is -0.550 e. The van der Waals surface area contributed by atoms with E-state index in [9.17, 15) is 19.8 Å². The number of halogens is 2. The summed E-state index contributed by atoms with van der Waals surface area (Å²) in [6.07, 6.45) is 8.58. The Balaban J connectivity index is 0.000000374. The summed E-state index contributed by atoms with van der Waals surface area (Å²) in [7, 11) is 0. The summed E-state index contributed by atoms with van der Waals surface area (Å²) < 4.78 is 12.9. The first-order chi connectivity index (χ1) is 26.2. The van der Waals surface area contributed by atoms with Gasteiger partial charge in [-0.05, 0) is 124 Å². The molecule has 0 aliphatic carbocycles. The van der Waals surface area contributed by atoms with E-state index in [4.69, 9.17) is 32.7 Å². The molecule has 304 valence electrons. The molecule has 0 bridgehead atoms. The molecule has 2 aromatic heterocycles. The molecule has 0 amide bonds. The predicted octanol–water partition coefficient (Wildman–Crippen LogP) is 3.64. The molecule has 2 aliphatic heterocycles. The second kappa shape index (κ2) is 27.1. The Bertz CT molecular complexity index is 1570. The van der Waals surface area contributed by atoms with Gasteiger partial charge in [-0.3, -0.25) is 9.97 Å². The molecule has 57 heavy (non-hydrogen) atoms. The van der Waals surface area contributed by atoms with Gasteiger partial charge < -0.3 is 50.0 Å². The van der Waals surface area contributed by atoms with Gasteiger partial charge in [0.15, 0.2) is 0 Å². The Morgan fingerprint density at radius 1 is 0.614 bits per heavy atom. The van der Waals surface area contributed by atoms with Crippen molar-refractivity contribution < 1.29 is 40.2 Å². The fraction of sp³-hybridized carbons (Fsp3) is 0.429. The molecule has 15 heteroatoms. The molecule has 2 atom stereocenters. The first kappa shape index (κ1) is 50.4. The number of carbonyl (C=O) groups excluding carboxylic acids is 2. The van der Waals surface area contributed by atoms with E-state index in [1.807, 2.05) is 84.9 Å². The van der Waals surface area contributed by atoms with Crippen LogP contribution in [0.5, 0.6) is 0 Å². The smallest absolute Gasteiger partial charge is 0.550 e. The van der Waals surface area contributed by atoms with Crippen LogP contribution in [0.3, 0.4) is 0 Å². The van der Waals surface area contributed by atoms with Gasteiger partial charge >= 0.3 is 37.7 Å².